The number of carbonyl (C=O) groups is 1. The number of piperidine rings is 1. The number of carbonyl (C=O) groups excluding carboxylic acids is 1. The fourth-order valence-electron chi connectivity index (χ4n) is 2.91. The molecule has 7 heteroatoms. The number of likely N-dealkylation sites (tertiary alicyclic amines) is 1. The van der Waals surface area contributed by atoms with Crippen molar-refractivity contribution < 1.29 is 14.1 Å². The quantitative estimate of drug-likeness (QED) is 0.853. The number of aromatic nitrogens is 3. The predicted molar refractivity (Wildman–Crippen MR) is 86.7 cm³/mol. The highest BCUT2D eigenvalue weighted by atomic mass is 16.5. The lowest BCUT2D eigenvalue weighted by Crippen LogP contribution is -2.42. The van der Waals surface area contributed by atoms with Crippen LogP contribution < -0.4 is 4.74 Å². The van der Waals surface area contributed by atoms with Gasteiger partial charge in [0.15, 0.2) is 0 Å². The minimum absolute atomic E-state index is 0.0856. The molecule has 0 bridgehead atoms. The van der Waals surface area contributed by atoms with E-state index in [1.165, 1.54) is 0 Å². The van der Waals surface area contributed by atoms with Gasteiger partial charge in [-0.2, -0.15) is 4.98 Å². The lowest BCUT2D eigenvalue weighted by atomic mass is 10.1. The van der Waals surface area contributed by atoms with Gasteiger partial charge in [0, 0.05) is 43.8 Å². The molecule has 1 saturated heterocycles. The summed E-state index contributed by atoms with van der Waals surface area (Å²) in [6.45, 7) is 6.92. The zero-order valence-corrected chi connectivity index (χ0v) is 14.3. The minimum Gasteiger partial charge on any atom is -0.474 e. The number of amides is 1. The molecule has 0 spiro atoms. The second-order valence-electron chi connectivity index (χ2n) is 6.12. The summed E-state index contributed by atoms with van der Waals surface area (Å²) in [5, 5.41) is 3.90. The summed E-state index contributed by atoms with van der Waals surface area (Å²) >= 11 is 0. The monoisotopic (exact) mass is 330 g/mol. The molecule has 3 heterocycles. The molecule has 3 rings (SSSR count). The van der Waals surface area contributed by atoms with Crippen molar-refractivity contribution in [2.75, 3.05) is 13.1 Å². The van der Waals surface area contributed by atoms with Crippen molar-refractivity contribution in [3.05, 3.63) is 35.1 Å². The minimum atomic E-state index is 0.0856. The van der Waals surface area contributed by atoms with Crippen molar-refractivity contribution in [2.45, 2.75) is 46.1 Å². The molecular formula is C17H22N4O3. The maximum atomic E-state index is 12.5. The first-order chi connectivity index (χ1) is 11.5. The summed E-state index contributed by atoms with van der Waals surface area (Å²) in [4.78, 5) is 22.7. The normalized spacial score (nSPS) is 15.5. The average molecular weight is 330 g/mol. The maximum Gasteiger partial charge on any atom is 0.227 e. The van der Waals surface area contributed by atoms with Crippen molar-refractivity contribution in [1.82, 2.24) is 20.0 Å². The van der Waals surface area contributed by atoms with Gasteiger partial charge in [-0.15, -0.1) is 0 Å². The summed E-state index contributed by atoms with van der Waals surface area (Å²) < 4.78 is 11.0. The highest BCUT2D eigenvalue weighted by Gasteiger charge is 2.25. The molecule has 0 N–H and O–H groups in total. The molecule has 2 aromatic rings. The molecular weight excluding hydrogens is 308 g/mol. The second-order valence-corrected chi connectivity index (χ2v) is 6.12. The van der Waals surface area contributed by atoms with Crippen LogP contribution in [0, 0.1) is 20.8 Å². The first-order valence-corrected chi connectivity index (χ1v) is 8.18. The number of hydrogen-bond acceptors (Lipinski definition) is 6. The van der Waals surface area contributed by atoms with Gasteiger partial charge in [0.25, 0.3) is 0 Å². The highest BCUT2D eigenvalue weighted by molar-refractivity contribution is 5.79. The fourth-order valence-corrected chi connectivity index (χ4v) is 2.91. The van der Waals surface area contributed by atoms with Gasteiger partial charge < -0.3 is 14.2 Å². The molecule has 1 aliphatic rings. The van der Waals surface area contributed by atoms with Gasteiger partial charge in [-0.05, 0) is 20.8 Å². The maximum absolute atomic E-state index is 12.5. The summed E-state index contributed by atoms with van der Waals surface area (Å²) in [5.74, 6) is 2.13. The smallest absolute Gasteiger partial charge is 0.227 e. The van der Waals surface area contributed by atoms with Crippen molar-refractivity contribution in [1.29, 1.82) is 0 Å². The van der Waals surface area contributed by atoms with Crippen LogP contribution in [0.2, 0.25) is 0 Å². The third kappa shape index (κ3) is 3.72. The van der Waals surface area contributed by atoms with E-state index in [1.807, 2.05) is 25.7 Å². The summed E-state index contributed by atoms with van der Waals surface area (Å²) in [6.07, 6.45) is 3.73. The molecule has 0 saturated carbocycles. The van der Waals surface area contributed by atoms with Crippen molar-refractivity contribution in [3.8, 4) is 5.88 Å². The van der Waals surface area contributed by atoms with Crippen LogP contribution in [0.4, 0.5) is 0 Å². The molecule has 128 valence electrons. The molecule has 24 heavy (non-hydrogen) atoms. The lowest BCUT2D eigenvalue weighted by molar-refractivity contribution is -0.132. The number of ether oxygens (including phenoxy) is 1. The number of nitrogens with zero attached hydrogens (tertiary/aromatic N) is 4. The Balaban J connectivity index is 1.52. The first-order valence-electron chi connectivity index (χ1n) is 8.18. The zero-order chi connectivity index (χ0) is 17.1. The number of aryl methyl sites for hydroxylation is 3. The Morgan fingerprint density at radius 3 is 2.71 bits per heavy atom. The lowest BCUT2D eigenvalue weighted by Gasteiger charge is -2.32. The number of hydrogen-bond donors (Lipinski definition) is 0. The van der Waals surface area contributed by atoms with Crippen LogP contribution in [-0.4, -0.2) is 45.1 Å². The molecule has 0 radical (unpaired) electrons. The van der Waals surface area contributed by atoms with E-state index in [2.05, 4.69) is 15.1 Å². The topological polar surface area (TPSA) is 81.4 Å². The van der Waals surface area contributed by atoms with Crippen LogP contribution >= 0.6 is 0 Å². The van der Waals surface area contributed by atoms with Gasteiger partial charge in [0.1, 0.15) is 17.7 Å². The van der Waals surface area contributed by atoms with Gasteiger partial charge in [0.2, 0.25) is 11.8 Å². The number of rotatable bonds is 4. The molecule has 0 unspecified atom stereocenters. The van der Waals surface area contributed by atoms with E-state index < -0.39 is 0 Å². The Hall–Kier alpha value is -2.44. The Bertz CT molecular complexity index is 701. The second kappa shape index (κ2) is 6.98. The van der Waals surface area contributed by atoms with Gasteiger partial charge in [-0.1, -0.05) is 5.16 Å². The summed E-state index contributed by atoms with van der Waals surface area (Å²) in [7, 11) is 0. The average Bonchev–Trinajstić information content (AvgIpc) is 2.87. The molecule has 7 nitrogen and oxygen atoms in total. The molecule has 0 atom stereocenters. The fraction of sp³-hybridized carbons (Fsp3) is 0.529. The Labute approximate surface area is 141 Å². The molecule has 2 aromatic heterocycles. The van der Waals surface area contributed by atoms with Gasteiger partial charge >= 0.3 is 0 Å². The SMILES string of the molecule is Cc1nccc(OC2CCN(C(=O)Cc3c(C)noc3C)CC2)n1. The molecule has 1 aliphatic heterocycles. The standard InChI is InChI=1S/C17H22N4O3/c1-11-15(12(2)24-20-11)10-17(22)21-8-5-14(6-9-21)23-16-4-7-18-13(3)19-16/h4,7,14H,5-6,8-10H2,1-3H3. The summed E-state index contributed by atoms with van der Waals surface area (Å²) in [6, 6.07) is 1.77. The Kier molecular flexibility index (Phi) is 4.78. The zero-order valence-electron chi connectivity index (χ0n) is 14.3. The van der Waals surface area contributed by atoms with Crippen LogP contribution in [0.3, 0.4) is 0 Å². The third-order valence-corrected chi connectivity index (χ3v) is 4.34. The van der Waals surface area contributed by atoms with Gasteiger partial charge in [-0.3, -0.25) is 4.79 Å². The van der Waals surface area contributed by atoms with Crippen molar-refractivity contribution >= 4 is 5.91 Å². The van der Waals surface area contributed by atoms with Crippen LogP contribution in [-0.2, 0) is 11.2 Å². The Morgan fingerprint density at radius 1 is 1.33 bits per heavy atom. The molecule has 0 aromatic carbocycles. The van der Waals surface area contributed by atoms with Gasteiger partial charge in [-0.25, -0.2) is 4.98 Å². The third-order valence-electron chi connectivity index (χ3n) is 4.34. The van der Waals surface area contributed by atoms with Crippen molar-refractivity contribution in [3.63, 3.8) is 0 Å². The first kappa shape index (κ1) is 16.4. The van der Waals surface area contributed by atoms with Crippen LogP contribution in [0.15, 0.2) is 16.8 Å². The van der Waals surface area contributed by atoms with E-state index in [9.17, 15) is 4.79 Å². The predicted octanol–water partition coefficient (Wildman–Crippen LogP) is 2.00. The van der Waals surface area contributed by atoms with Crippen LogP contribution in [0.1, 0.15) is 35.7 Å². The van der Waals surface area contributed by atoms with Crippen LogP contribution in [0.25, 0.3) is 0 Å². The van der Waals surface area contributed by atoms with Crippen molar-refractivity contribution in [2.24, 2.45) is 0 Å². The molecule has 0 aliphatic carbocycles. The van der Waals surface area contributed by atoms with Crippen LogP contribution in [0.5, 0.6) is 5.88 Å². The van der Waals surface area contributed by atoms with E-state index >= 15 is 0 Å². The van der Waals surface area contributed by atoms with E-state index in [0.29, 0.717) is 31.2 Å². The summed E-state index contributed by atoms with van der Waals surface area (Å²) in [5.41, 5.74) is 1.69. The van der Waals surface area contributed by atoms with E-state index in [0.717, 1.165) is 29.9 Å². The van der Waals surface area contributed by atoms with E-state index in [-0.39, 0.29) is 12.0 Å². The van der Waals surface area contributed by atoms with E-state index in [4.69, 9.17) is 9.26 Å². The highest BCUT2D eigenvalue weighted by Crippen LogP contribution is 2.19. The Morgan fingerprint density at radius 2 is 2.08 bits per heavy atom. The molecule has 1 amide bonds. The largest absolute Gasteiger partial charge is 0.474 e. The molecule has 1 fully saturated rings. The van der Waals surface area contributed by atoms with E-state index in [1.54, 1.807) is 12.3 Å². The van der Waals surface area contributed by atoms with Gasteiger partial charge in [0.05, 0.1) is 12.1 Å².